The molecule has 74 valence electrons. The summed E-state index contributed by atoms with van der Waals surface area (Å²) in [7, 11) is 0. The van der Waals surface area contributed by atoms with Gasteiger partial charge in [0.25, 0.3) is 0 Å². The van der Waals surface area contributed by atoms with E-state index in [9.17, 15) is 0 Å². The zero-order valence-electron chi connectivity index (χ0n) is 9.96. The van der Waals surface area contributed by atoms with E-state index in [1.807, 2.05) is 0 Å². The summed E-state index contributed by atoms with van der Waals surface area (Å²) in [6.45, 7) is 4.64. The van der Waals surface area contributed by atoms with Gasteiger partial charge in [0.2, 0.25) is 0 Å². The Morgan fingerprint density at radius 3 is 2.80 bits per heavy atom. The Kier molecular flexibility index (Phi) is 3.10. The Labute approximate surface area is 102 Å². The third-order valence-corrected chi connectivity index (χ3v) is 3.90. The van der Waals surface area contributed by atoms with Crippen LogP contribution in [0.25, 0.3) is 6.08 Å². The van der Waals surface area contributed by atoms with Gasteiger partial charge in [0.1, 0.15) is 0 Å². The number of allylic oxidation sites excluding steroid dienone is 1. The monoisotopic (exact) mass is 192 g/mol. The maximum absolute atomic E-state index is 2.39. The number of fused-ring (bicyclic) bond motifs is 1. The number of hydrogen-bond donors (Lipinski definition) is 0. The second-order valence-electron chi connectivity index (χ2n) is 4.89. The first-order valence-corrected chi connectivity index (χ1v) is 5.97. The minimum atomic E-state index is 0.257. The fraction of sp³-hybridized carbons (Fsp3) is 0.429. The summed E-state index contributed by atoms with van der Waals surface area (Å²) < 4.78 is 0.257. The van der Waals surface area contributed by atoms with Crippen LogP contribution in [0.2, 0.25) is 0 Å². The summed E-state index contributed by atoms with van der Waals surface area (Å²) in [5.41, 5.74) is 2.91. The van der Waals surface area contributed by atoms with Crippen LogP contribution >= 0.6 is 0 Å². The van der Waals surface area contributed by atoms with E-state index in [0.29, 0.717) is 0 Å². The van der Waals surface area contributed by atoms with Gasteiger partial charge in [-0.05, 0) is 0 Å². The molecule has 0 radical (unpaired) electrons. The molecule has 0 heterocycles. The molecule has 0 saturated heterocycles. The molecule has 2 rings (SSSR count). The van der Waals surface area contributed by atoms with Gasteiger partial charge in [-0.15, -0.1) is 0 Å². The fourth-order valence-corrected chi connectivity index (χ4v) is 2.65. The van der Waals surface area contributed by atoms with Crippen molar-refractivity contribution in [2.45, 2.75) is 30.8 Å². The molecule has 0 nitrogen and oxygen atoms in total. The predicted molar refractivity (Wildman–Crippen MR) is 67.0 cm³/mol. The molecule has 2 unspecified atom stereocenters. The van der Waals surface area contributed by atoms with E-state index in [2.05, 4.69) is 68.0 Å². The zero-order valence-corrected chi connectivity index (χ0v) is 9.96. The van der Waals surface area contributed by atoms with E-state index >= 15 is 0 Å². The Morgan fingerprint density at radius 1 is 1.33 bits per heavy atom. The minimum absolute atomic E-state index is 0.257. The Balaban J connectivity index is 2.36. The van der Waals surface area contributed by atoms with Gasteiger partial charge in [-0.25, -0.2) is 0 Å². The molecule has 1 heteroatoms. The molecule has 1 aliphatic rings. The maximum atomic E-state index is 2.39. The second kappa shape index (κ2) is 4.20. The van der Waals surface area contributed by atoms with E-state index in [1.165, 1.54) is 24.0 Å². The van der Waals surface area contributed by atoms with Crippen molar-refractivity contribution in [2.75, 3.05) is 0 Å². The van der Waals surface area contributed by atoms with Crippen LogP contribution in [0.5, 0.6) is 0 Å². The van der Waals surface area contributed by atoms with Gasteiger partial charge in [-0.2, -0.15) is 0 Å². The van der Waals surface area contributed by atoms with Crippen LogP contribution in [0.3, 0.4) is 0 Å². The van der Waals surface area contributed by atoms with E-state index in [4.69, 9.17) is 0 Å². The van der Waals surface area contributed by atoms with Gasteiger partial charge in [-0.1, -0.05) is 0 Å². The molecule has 0 aromatic heterocycles. The molecular formula is C14H17Li. The average molecular weight is 192 g/mol. The third-order valence-electron chi connectivity index (χ3n) is 3.90. The van der Waals surface area contributed by atoms with Gasteiger partial charge < -0.3 is 0 Å². The number of rotatable bonds is 3. The first-order valence-electron chi connectivity index (χ1n) is 5.97. The molecule has 0 spiro atoms. The van der Waals surface area contributed by atoms with E-state index in [-0.39, 0.29) is 4.09 Å². The molecule has 0 amide bonds. The van der Waals surface area contributed by atoms with Gasteiger partial charge in [0.15, 0.2) is 0 Å². The molecule has 1 aromatic carbocycles. The molecule has 0 N–H and O–H groups in total. The van der Waals surface area contributed by atoms with Crippen LogP contribution in [0.1, 0.15) is 37.8 Å². The Hall–Kier alpha value is -0.443. The van der Waals surface area contributed by atoms with E-state index < -0.39 is 0 Å². The van der Waals surface area contributed by atoms with Crippen molar-refractivity contribution in [1.82, 2.24) is 0 Å². The van der Waals surface area contributed by atoms with Crippen LogP contribution in [0.4, 0.5) is 0 Å². The van der Waals surface area contributed by atoms with Gasteiger partial charge in [-0.3, -0.25) is 0 Å². The topological polar surface area (TPSA) is 0 Å². The van der Waals surface area contributed by atoms with Crippen molar-refractivity contribution >= 4 is 23.8 Å². The molecular weight excluding hydrogens is 175 g/mol. The van der Waals surface area contributed by atoms with Crippen LogP contribution in [-0.2, 0) is 4.09 Å². The zero-order chi connectivity index (χ0) is 10.9. The van der Waals surface area contributed by atoms with Crippen molar-refractivity contribution in [3.63, 3.8) is 0 Å². The average Bonchev–Trinajstić information content (AvgIpc) is 2.59. The van der Waals surface area contributed by atoms with Crippen LogP contribution in [0, 0.1) is 5.92 Å². The standard InChI is InChI=1S/C14H17.Li/c1-3-6-11(2)13-10-9-12-7-4-5-8-14(12)13;/h4-5,7-11H,3,6H2,1-2H3;. The first kappa shape index (κ1) is 11.1. The number of hydrogen-bond acceptors (Lipinski definition) is 0. The summed E-state index contributed by atoms with van der Waals surface area (Å²) in [5, 5.41) is 0. The van der Waals surface area contributed by atoms with Crippen molar-refractivity contribution in [3.8, 4) is 0 Å². The predicted octanol–water partition coefficient (Wildman–Crippen LogP) is 3.51. The molecule has 0 aliphatic heterocycles. The summed E-state index contributed by atoms with van der Waals surface area (Å²) in [5.74, 6) is 0.724. The van der Waals surface area contributed by atoms with Gasteiger partial charge >= 0.3 is 102 Å². The van der Waals surface area contributed by atoms with Gasteiger partial charge in [0, 0.05) is 0 Å². The molecule has 2 atom stereocenters. The van der Waals surface area contributed by atoms with Crippen molar-refractivity contribution < 1.29 is 0 Å². The Morgan fingerprint density at radius 2 is 2.07 bits per heavy atom. The van der Waals surface area contributed by atoms with Crippen molar-refractivity contribution in [3.05, 3.63) is 41.5 Å². The SMILES string of the molecule is [Li][C]1(C(C)CCC)C=Cc2ccccc21. The van der Waals surface area contributed by atoms with Crippen molar-refractivity contribution in [2.24, 2.45) is 5.92 Å². The summed E-state index contributed by atoms with van der Waals surface area (Å²) in [6.07, 6.45) is 7.24. The Bertz CT molecular complexity index is 381. The molecule has 1 aliphatic carbocycles. The third kappa shape index (κ3) is 1.82. The summed E-state index contributed by atoms with van der Waals surface area (Å²) in [6, 6.07) is 8.78. The molecule has 0 fully saturated rings. The quantitative estimate of drug-likeness (QED) is 0.643. The van der Waals surface area contributed by atoms with Crippen molar-refractivity contribution in [1.29, 1.82) is 0 Å². The fourth-order valence-electron chi connectivity index (χ4n) is 2.65. The number of benzene rings is 1. The van der Waals surface area contributed by atoms with E-state index in [0.717, 1.165) is 5.92 Å². The molecule has 15 heavy (non-hydrogen) atoms. The van der Waals surface area contributed by atoms with Crippen LogP contribution < -0.4 is 0 Å². The van der Waals surface area contributed by atoms with E-state index in [1.54, 1.807) is 0 Å². The van der Waals surface area contributed by atoms with Crippen LogP contribution in [-0.4, -0.2) is 17.7 Å². The molecule has 0 saturated carbocycles. The summed E-state index contributed by atoms with van der Waals surface area (Å²) in [4.78, 5) is 0. The molecule has 0 bridgehead atoms. The second-order valence-corrected chi connectivity index (χ2v) is 4.89. The normalized spacial score (nSPS) is 25.3. The van der Waals surface area contributed by atoms with Gasteiger partial charge in [0.05, 0.1) is 0 Å². The van der Waals surface area contributed by atoms with Crippen LogP contribution in [0.15, 0.2) is 30.3 Å². The first-order chi connectivity index (χ1) is 7.18. The summed E-state index contributed by atoms with van der Waals surface area (Å²) >= 11 is 2.37. The molecule has 1 aromatic rings.